The van der Waals surface area contributed by atoms with Gasteiger partial charge in [-0.2, -0.15) is 0 Å². The molecule has 0 amide bonds. The molecule has 1 saturated heterocycles. The molecular formula is C18H20F2N4O. The van der Waals surface area contributed by atoms with E-state index in [0.29, 0.717) is 19.5 Å². The van der Waals surface area contributed by atoms with Gasteiger partial charge in [0.2, 0.25) is 0 Å². The summed E-state index contributed by atoms with van der Waals surface area (Å²) in [6.45, 7) is 0.843. The standard InChI is InChI=1S/C18H20F2N4O/c1-25-16-6-8-24(11-18(16,19)20)13-4-5-14-15(9-13)22-10-12-3-2-7-21-17(12)23-14/h2-5,7,9,16,22H,6,8,10-11H2,1H3,(H,21,23). The predicted octanol–water partition coefficient (Wildman–Crippen LogP) is 3.61. The monoisotopic (exact) mass is 346 g/mol. The van der Waals surface area contributed by atoms with E-state index in [-0.39, 0.29) is 6.54 Å². The van der Waals surface area contributed by atoms with Crippen LogP contribution in [0.2, 0.25) is 0 Å². The van der Waals surface area contributed by atoms with Crippen molar-refractivity contribution in [3.63, 3.8) is 0 Å². The third-order valence-corrected chi connectivity index (χ3v) is 4.80. The maximum absolute atomic E-state index is 14.2. The summed E-state index contributed by atoms with van der Waals surface area (Å²) in [5, 5.41) is 6.67. The van der Waals surface area contributed by atoms with Gasteiger partial charge >= 0.3 is 0 Å². The quantitative estimate of drug-likeness (QED) is 0.870. The van der Waals surface area contributed by atoms with Crippen molar-refractivity contribution in [1.29, 1.82) is 0 Å². The molecule has 7 heteroatoms. The fraction of sp³-hybridized carbons (Fsp3) is 0.389. The molecule has 0 saturated carbocycles. The number of fused-ring (bicyclic) bond motifs is 2. The van der Waals surface area contributed by atoms with Crippen LogP contribution in [-0.2, 0) is 11.3 Å². The van der Waals surface area contributed by atoms with Gasteiger partial charge in [-0.1, -0.05) is 6.07 Å². The van der Waals surface area contributed by atoms with Crippen molar-refractivity contribution in [2.75, 3.05) is 35.7 Å². The van der Waals surface area contributed by atoms with Crippen molar-refractivity contribution in [2.45, 2.75) is 25.0 Å². The van der Waals surface area contributed by atoms with Gasteiger partial charge in [-0.25, -0.2) is 13.8 Å². The second-order valence-corrected chi connectivity index (χ2v) is 6.42. The Morgan fingerprint density at radius 2 is 2.16 bits per heavy atom. The number of rotatable bonds is 2. The third kappa shape index (κ3) is 3.00. The highest BCUT2D eigenvalue weighted by molar-refractivity contribution is 5.79. The van der Waals surface area contributed by atoms with Gasteiger partial charge < -0.3 is 20.3 Å². The summed E-state index contributed by atoms with van der Waals surface area (Å²) < 4.78 is 33.3. The fourth-order valence-electron chi connectivity index (χ4n) is 3.43. The number of anilines is 4. The number of alkyl halides is 2. The molecule has 0 radical (unpaired) electrons. The molecule has 0 spiro atoms. The number of hydrogen-bond donors (Lipinski definition) is 2. The van der Waals surface area contributed by atoms with Crippen LogP contribution in [0.25, 0.3) is 0 Å². The van der Waals surface area contributed by atoms with Crippen molar-refractivity contribution in [3.8, 4) is 0 Å². The first-order valence-corrected chi connectivity index (χ1v) is 8.31. The van der Waals surface area contributed by atoms with Crippen molar-refractivity contribution in [2.24, 2.45) is 0 Å². The number of nitrogens with zero attached hydrogens (tertiary/aromatic N) is 2. The van der Waals surface area contributed by atoms with E-state index in [4.69, 9.17) is 4.74 Å². The van der Waals surface area contributed by atoms with Crippen molar-refractivity contribution in [1.82, 2.24) is 4.98 Å². The first-order valence-electron chi connectivity index (χ1n) is 8.31. The van der Waals surface area contributed by atoms with Crippen LogP contribution in [0, 0.1) is 0 Å². The lowest BCUT2D eigenvalue weighted by atomic mass is 10.0. The average Bonchev–Trinajstić information content (AvgIpc) is 2.79. The predicted molar refractivity (Wildman–Crippen MR) is 93.9 cm³/mol. The van der Waals surface area contributed by atoms with Crippen LogP contribution >= 0.6 is 0 Å². The molecule has 2 aliphatic rings. The van der Waals surface area contributed by atoms with Crippen LogP contribution in [0.4, 0.5) is 31.7 Å². The number of nitrogens with one attached hydrogen (secondary N) is 2. The number of pyridine rings is 1. The number of benzene rings is 1. The molecule has 132 valence electrons. The Bertz CT molecular complexity index is 783. The lowest BCUT2D eigenvalue weighted by Gasteiger charge is -2.38. The third-order valence-electron chi connectivity index (χ3n) is 4.80. The molecule has 2 aromatic rings. The Kier molecular flexibility index (Phi) is 3.95. The zero-order valence-electron chi connectivity index (χ0n) is 13.9. The van der Waals surface area contributed by atoms with Crippen LogP contribution in [0.15, 0.2) is 36.5 Å². The van der Waals surface area contributed by atoms with E-state index in [0.717, 1.165) is 28.4 Å². The molecule has 1 unspecified atom stereocenters. The number of ether oxygens (including phenoxy) is 1. The minimum atomic E-state index is -2.86. The Hall–Kier alpha value is -2.41. The van der Waals surface area contributed by atoms with Gasteiger partial charge in [0.15, 0.2) is 0 Å². The van der Waals surface area contributed by atoms with E-state index >= 15 is 0 Å². The Morgan fingerprint density at radius 3 is 2.96 bits per heavy atom. The van der Waals surface area contributed by atoms with E-state index in [1.54, 1.807) is 11.1 Å². The second kappa shape index (κ2) is 6.15. The van der Waals surface area contributed by atoms with E-state index in [1.807, 2.05) is 30.3 Å². The maximum atomic E-state index is 14.2. The lowest BCUT2D eigenvalue weighted by molar-refractivity contribution is -0.129. The molecule has 25 heavy (non-hydrogen) atoms. The van der Waals surface area contributed by atoms with Crippen molar-refractivity contribution >= 4 is 22.9 Å². The van der Waals surface area contributed by atoms with Crippen molar-refractivity contribution in [3.05, 3.63) is 42.1 Å². The fourth-order valence-corrected chi connectivity index (χ4v) is 3.43. The SMILES string of the molecule is COC1CCN(c2ccc3c(c2)NCc2cccnc2N3)CC1(F)F. The number of hydrogen-bond acceptors (Lipinski definition) is 5. The zero-order chi connectivity index (χ0) is 17.4. The molecular weight excluding hydrogens is 326 g/mol. The molecule has 1 atom stereocenters. The highest BCUT2D eigenvalue weighted by atomic mass is 19.3. The van der Waals surface area contributed by atoms with Gasteiger partial charge in [-0.05, 0) is 30.7 Å². The molecule has 0 aliphatic carbocycles. The first kappa shape index (κ1) is 16.1. The minimum absolute atomic E-state index is 0.307. The average molecular weight is 346 g/mol. The highest BCUT2D eigenvalue weighted by Gasteiger charge is 2.45. The summed E-state index contributed by atoms with van der Waals surface area (Å²) in [5.74, 6) is -2.04. The summed E-state index contributed by atoms with van der Waals surface area (Å²) in [5.41, 5.74) is 3.61. The normalized spacial score (nSPS) is 21.4. The van der Waals surface area contributed by atoms with E-state index in [1.165, 1.54) is 7.11 Å². The number of methoxy groups -OCH3 is 1. The molecule has 5 nitrogen and oxygen atoms in total. The molecule has 2 N–H and O–H groups in total. The zero-order valence-corrected chi connectivity index (χ0v) is 13.9. The lowest BCUT2D eigenvalue weighted by Crippen LogP contribution is -2.52. The van der Waals surface area contributed by atoms with Gasteiger partial charge in [-0.15, -0.1) is 0 Å². The van der Waals surface area contributed by atoms with Crippen LogP contribution < -0.4 is 15.5 Å². The first-order chi connectivity index (χ1) is 12.1. The largest absolute Gasteiger partial charge is 0.379 e. The summed E-state index contributed by atoms with van der Waals surface area (Å²) in [6.07, 6.45) is 1.04. The molecule has 1 aromatic carbocycles. The summed E-state index contributed by atoms with van der Waals surface area (Å²) in [4.78, 5) is 6.07. The number of piperidine rings is 1. The van der Waals surface area contributed by atoms with Gasteiger partial charge in [0.25, 0.3) is 5.92 Å². The summed E-state index contributed by atoms with van der Waals surface area (Å²) in [7, 11) is 1.35. The summed E-state index contributed by atoms with van der Waals surface area (Å²) >= 11 is 0. The van der Waals surface area contributed by atoms with E-state index in [9.17, 15) is 8.78 Å². The molecule has 0 bridgehead atoms. The molecule has 3 heterocycles. The second-order valence-electron chi connectivity index (χ2n) is 6.42. The molecule has 2 aliphatic heterocycles. The molecule has 1 fully saturated rings. The Morgan fingerprint density at radius 1 is 1.28 bits per heavy atom. The minimum Gasteiger partial charge on any atom is -0.379 e. The van der Waals surface area contributed by atoms with Gasteiger partial charge in [0.05, 0.1) is 17.9 Å². The van der Waals surface area contributed by atoms with Crippen LogP contribution in [0.5, 0.6) is 0 Å². The molecule has 1 aromatic heterocycles. The topological polar surface area (TPSA) is 49.4 Å². The van der Waals surface area contributed by atoms with Gasteiger partial charge in [0.1, 0.15) is 11.9 Å². The highest BCUT2D eigenvalue weighted by Crippen LogP contribution is 2.37. The van der Waals surface area contributed by atoms with Crippen LogP contribution in [0.1, 0.15) is 12.0 Å². The van der Waals surface area contributed by atoms with E-state index in [2.05, 4.69) is 15.6 Å². The number of aromatic nitrogens is 1. The van der Waals surface area contributed by atoms with Crippen LogP contribution in [-0.4, -0.2) is 37.2 Å². The smallest absolute Gasteiger partial charge is 0.290 e. The van der Waals surface area contributed by atoms with Gasteiger partial charge in [-0.3, -0.25) is 0 Å². The van der Waals surface area contributed by atoms with E-state index < -0.39 is 12.0 Å². The van der Waals surface area contributed by atoms with Crippen molar-refractivity contribution < 1.29 is 13.5 Å². The Balaban J connectivity index is 1.58. The Labute approximate surface area is 145 Å². The number of halogens is 2. The van der Waals surface area contributed by atoms with Gasteiger partial charge in [0, 0.05) is 37.6 Å². The van der Waals surface area contributed by atoms with Crippen LogP contribution in [0.3, 0.4) is 0 Å². The maximum Gasteiger partial charge on any atom is 0.290 e. The molecule has 4 rings (SSSR count). The summed E-state index contributed by atoms with van der Waals surface area (Å²) in [6, 6.07) is 9.58.